The molecule has 1 aliphatic rings. The number of methoxy groups -OCH3 is 1. The zero-order chi connectivity index (χ0) is 11.0. The van der Waals surface area contributed by atoms with Crippen molar-refractivity contribution in [2.75, 3.05) is 7.11 Å². The molecule has 0 aromatic heterocycles. The number of carboxylic acid groups (broad SMARTS) is 1. The van der Waals surface area contributed by atoms with Crippen molar-refractivity contribution in [2.24, 2.45) is 0 Å². The molecule has 1 aromatic rings. The van der Waals surface area contributed by atoms with Gasteiger partial charge in [0.2, 0.25) is 0 Å². The van der Waals surface area contributed by atoms with Gasteiger partial charge in [0.05, 0.1) is 7.11 Å². The fraction of sp³-hybridized carbons (Fsp3) is 0.364. The predicted molar refractivity (Wildman–Crippen MR) is 53.5 cm³/mol. The molecule has 80 valence electrons. The Morgan fingerprint density at radius 1 is 1.60 bits per heavy atom. The summed E-state index contributed by atoms with van der Waals surface area (Å²) >= 11 is 0. The van der Waals surface area contributed by atoms with Crippen LogP contribution in [-0.2, 0) is 11.2 Å². The van der Waals surface area contributed by atoms with Crippen molar-refractivity contribution in [1.29, 1.82) is 0 Å². The average molecular weight is 208 g/mol. The molecule has 15 heavy (non-hydrogen) atoms. The van der Waals surface area contributed by atoms with Gasteiger partial charge >= 0.3 is 5.97 Å². The molecule has 0 saturated heterocycles. The van der Waals surface area contributed by atoms with Gasteiger partial charge in [-0.05, 0) is 18.6 Å². The number of hydrogen-bond donors (Lipinski definition) is 1. The van der Waals surface area contributed by atoms with Gasteiger partial charge < -0.3 is 14.6 Å². The minimum absolute atomic E-state index is 0.426. The third kappa shape index (κ3) is 1.52. The van der Waals surface area contributed by atoms with Gasteiger partial charge in [-0.3, -0.25) is 0 Å². The number of fused-ring (bicyclic) bond motifs is 1. The van der Waals surface area contributed by atoms with Gasteiger partial charge in [0, 0.05) is 12.0 Å². The smallest absolute Gasteiger partial charge is 0.345 e. The number of carboxylic acids is 1. The Morgan fingerprint density at radius 2 is 2.33 bits per heavy atom. The van der Waals surface area contributed by atoms with E-state index in [-0.39, 0.29) is 0 Å². The molecule has 0 radical (unpaired) electrons. The average Bonchev–Trinajstić information content (AvgIpc) is 2.63. The molecule has 1 heterocycles. The zero-order valence-corrected chi connectivity index (χ0v) is 8.61. The van der Waals surface area contributed by atoms with E-state index in [1.165, 1.54) is 0 Å². The lowest BCUT2D eigenvalue weighted by molar-refractivity contribution is -0.144. The van der Waals surface area contributed by atoms with Crippen molar-refractivity contribution in [3.05, 3.63) is 23.3 Å². The summed E-state index contributed by atoms with van der Waals surface area (Å²) in [7, 11) is 1.58. The Balaban J connectivity index is 2.38. The van der Waals surface area contributed by atoms with Crippen LogP contribution < -0.4 is 9.47 Å². The summed E-state index contributed by atoms with van der Waals surface area (Å²) < 4.78 is 10.5. The maximum Gasteiger partial charge on any atom is 0.345 e. The summed E-state index contributed by atoms with van der Waals surface area (Å²) in [4.78, 5) is 10.8. The first-order valence-corrected chi connectivity index (χ1v) is 4.69. The Morgan fingerprint density at radius 3 is 2.93 bits per heavy atom. The highest BCUT2D eigenvalue weighted by Gasteiger charge is 2.30. The lowest BCUT2D eigenvalue weighted by Crippen LogP contribution is -2.24. The topological polar surface area (TPSA) is 55.8 Å². The first-order valence-electron chi connectivity index (χ1n) is 4.69. The molecule has 0 aliphatic carbocycles. The highest BCUT2D eigenvalue weighted by molar-refractivity contribution is 5.75. The lowest BCUT2D eigenvalue weighted by Gasteiger charge is -2.09. The first-order chi connectivity index (χ1) is 7.13. The van der Waals surface area contributed by atoms with E-state index < -0.39 is 12.1 Å². The fourth-order valence-corrected chi connectivity index (χ4v) is 1.80. The largest absolute Gasteiger partial charge is 0.496 e. The SMILES string of the molecule is COc1ccc2c(c1C)OC(C(=O)O)C2. The molecule has 4 nitrogen and oxygen atoms in total. The molecule has 1 unspecified atom stereocenters. The third-order valence-corrected chi connectivity index (χ3v) is 2.60. The Kier molecular flexibility index (Phi) is 2.26. The van der Waals surface area contributed by atoms with E-state index in [4.69, 9.17) is 14.6 Å². The Hall–Kier alpha value is -1.71. The molecule has 1 atom stereocenters. The van der Waals surface area contributed by atoms with E-state index >= 15 is 0 Å². The van der Waals surface area contributed by atoms with Gasteiger partial charge in [-0.2, -0.15) is 0 Å². The molecule has 0 bridgehead atoms. The predicted octanol–water partition coefficient (Wildman–Crippen LogP) is 1.39. The molecule has 1 N–H and O–H groups in total. The van der Waals surface area contributed by atoms with Crippen molar-refractivity contribution in [3.8, 4) is 11.5 Å². The molecule has 1 aromatic carbocycles. The van der Waals surface area contributed by atoms with Gasteiger partial charge in [-0.1, -0.05) is 6.07 Å². The molecular formula is C11H12O4. The standard InChI is InChI=1S/C11H12O4/c1-6-8(14-2)4-3-7-5-9(11(12)13)15-10(6)7/h3-4,9H,5H2,1-2H3,(H,12,13). The summed E-state index contributed by atoms with van der Waals surface area (Å²) in [6.07, 6.45) is -0.332. The van der Waals surface area contributed by atoms with E-state index in [9.17, 15) is 4.79 Å². The molecule has 0 amide bonds. The van der Waals surface area contributed by atoms with E-state index in [0.717, 1.165) is 16.9 Å². The first kappa shape index (κ1) is 9.83. The van der Waals surface area contributed by atoms with Crippen molar-refractivity contribution in [2.45, 2.75) is 19.4 Å². The minimum atomic E-state index is -0.926. The van der Waals surface area contributed by atoms with Crippen LogP contribution in [0.25, 0.3) is 0 Å². The van der Waals surface area contributed by atoms with Crippen molar-refractivity contribution in [1.82, 2.24) is 0 Å². The third-order valence-electron chi connectivity index (χ3n) is 2.60. The minimum Gasteiger partial charge on any atom is -0.496 e. The Labute approximate surface area is 87.4 Å². The number of benzene rings is 1. The second-order valence-corrected chi connectivity index (χ2v) is 3.53. The number of aliphatic carboxylic acids is 1. The van der Waals surface area contributed by atoms with Crippen molar-refractivity contribution < 1.29 is 19.4 Å². The van der Waals surface area contributed by atoms with Gasteiger partial charge in [-0.25, -0.2) is 4.79 Å². The summed E-state index contributed by atoms with van der Waals surface area (Å²) in [6.45, 7) is 1.86. The highest BCUT2D eigenvalue weighted by Crippen LogP contribution is 2.37. The van der Waals surface area contributed by atoms with E-state index in [0.29, 0.717) is 12.2 Å². The number of rotatable bonds is 2. The van der Waals surface area contributed by atoms with Crippen LogP contribution >= 0.6 is 0 Å². The van der Waals surface area contributed by atoms with E-state index in [2.05, 4.69) is 0 Å². The van der Waals surface area contributed by atoms with E-state index in [1.54, 1.807) is 7.11 Å². The van der Waals surface area contributed by atoms with Crippen LogP contribution in [0, 0.1) is 6.92 Å². The molecule has 0 fully saturated rings. The molecule has 1 aliphatic heterocycles. The van der Waals surface area contributed by atoms with Crippen LogP contribution in [0.2, 0.25) is 0 Å². The van der Waals surface area contributed by atoms with Gasteiger partial charge in [0.1, 0.15) is 11.5 Å². The van der Waals surface area contributed by atoms with Crippen LogP contribution in [0.15, 0.2) is 12.1 Å². The number of ether oxygens (including phenoxy) is 2. The fourth-order valence-electron chi connectivity index (χ4n) is 1.80. The molecular weight excluding hydrogens is 196 g/mol. The van der Waals surface area contributed by atoms with Crippen LogP contribution in [0.3, 0.4) is 0 Å². The van der Waals surface area contributed by atoms with Crippen LogP contribution in [0.5, 0.6) is 11.5 Å². The van der Waals surface area contributed by atoms with Crippen molar-refractivity contribution >= 4 is 5.97 Å². The second kappa shape index (κ2) is 3.46. The molecule has 0 saturated carbocycles. The van der Waals surface area contributed by atoms with Gasteiger partial charge in [0.15, 0.2) is 6.10 Å². The van der Waals surface area contributed by atoms with Gasteiger partial charge in [0.25, 0.3) is 0 Å². The molecule has 2 rings (SSSR count). The summed E-state index contributed by atoms with van der Waals surface area (Å²) in [5.41, 5.74) is 1.79. The summed E-state index contributed by atoms with van der Waals surface area (Å²) in [5, 5.41) is 8.85. The molecule has 0 spiro atoms. The number of hydrogen-bond acceptors (Lipinski definition) is 3. The zero-order valence-electron chi connectivity index (χ0n) is 8.61. The van der Waals surface area contributed by atoms with Crippen LogP contribution in [0.1, 0.15) is 11.1 Å². The number of carbonyl (C=O) groups is 1. The summed E-state index contributed by atoms with van der Waals surface area (Å²) in [6, 6.07) is 3.69. The van der Waals surface area contributed by atoms with Crippen LogP contribution in [-0.4, -0.2) is 24.3 Å². The second-order valence-electron chi connectivity index (χ2n) is 3.53. The monoisotopic (exact) mass is 208 g/mol. The van der Waals surface area contributed by atoms with Crippen molar-refractivity contribution in [3.63, 3.8) is 0 Å². The Bertz CT molecular complexity index is 411. The highest BCUT2D eigenvalue weighted by atomic mass is 16.5. The molecule has 4 heteroatoms. The maximum absolute atomic E-state index is 10.8. The van der Waals surface area contributed by atoms with Crippen LogP contribution in [0.4, 0.5) is 0 Å². The maximum atomic E-state index is 10.8. The normalized spacial score (nSPS) is 18.1. The lowest BCUT2D eigenvalue weighted by atomic mass is 10.1. The summed E-state index contributed by atoms with van der Waals surface area (Å²) in [5.74, 6) is 0.450. The van der Waals surface area contributed by atoms with E-state index in [1.807, 2.05) is 19.1 Å². The quantitative estimate of drug-likeness (QED) is 0.798. The van der Waals surface area contributed by atoms with Gasteiger partial charge in [-0.15, -0.1) is 0 Å².